The molecule has 110 valence electrons. The van der Waals surface area contributed by atoms with Gasteiger partial charge >= 0.3 is 0 Å². The third-order valence-electron chi connectivity index (χ3n) is 4.03. The van der Waals surface area contributed by atoms with E-state index >= 15 is 0 Å². The standard InChI is InChI=1S/C17H21N3O/c21-17(18-14-8-4-1-2-5-9-14)16-12-13-20(19-16)15-10-6-3-7-11-15/h3,6-7,10-14H,1-2,4-5,8-9H2,(H,18,21). The quantitative estimate of drug-likeness (QED) is 0.878. The summed E-state index contributed by atoms with van der Waals surface area (Å²) < 4.78 is 1.74. The van der Waals surface area contributed by atoms with Crippen LogP contribution in [0.3, 0.4) is 0 Å². The Kier molecular flexibility index (Phi) is 4.34. The Morgan fingerprint density at radius 3 is 2.48 bits per heavy atom. The van der Waals surface area contributed by atoms with Crippen LogP contribution >= 0.6 is 0 Å². The van der Waals surface area contributed by atoms with E-state index in [-0.39, 0.29) is 5.91 Å². The van der Waals surface area contributed by atoms with Crippen LogP contribution in [0.2, 0.25) is 0 Å². The number of hydrogen-bond donors (Lipinski definition) is 1. The van der Waals surface area contributed by atoms with E-state index in [2.05, 4.69) is 10.4 Å². The van der Waals surface area contributed by atoms with Crippen molar-refractivity contribution in [1.82, 2.24) is 15.1 Å². The third kappa shape index (κ3) is 3.51. The van der Waals surface area contributed by atoms with Crippen molar-refractivity contribution in [3.63, 3.8) is 0 Å². The molecule has 4 nitrogen and oxygen atoms in total. The number of nitrogens with zero attached hydrogens (tertiary/aromatic N) is 2. The summed E-state index contributed by atoms with van der Waals surface area (Å²) in [6.45, 7) is 0. The second kappa shape index (κ2) is 6.57. The van der Waals surface area contributed by atoms with E-state index in [0.29, 0.717) is 11.7 Å². The van der Waals surface area contributed by atoms with Crippen LogP contribution in [-0.2, 0) is 0 Å². The van der Waals surface area contributed by atoms with Gasteiger partial charge in [-0.25, -0.2) is 4.68 Å². The molecular formula is C17H21N3O. The predicted octanol–water partition coefficient (Wildman–Crippen LogP) is 3.32. The van der Waals surface area contributed by atoms with Gasteiger partial charge < -0.3 is 5.32 Å². The van der Waals surface area contributed by atoms with Crippen molar-refractivity contribution in [3.05, 3.63) is 48.3 Å². The topological polar surface area (TPSA) is 46.9 Å². The molecule has 1 N–H and O–H groups in total. The summed E-state index contributed by atoms with van der Waals surface area (Å²) in [5.74, 6) is -0.0587. The van der Waals surface area contributed by atoms with Gasteiger partial charge in [-0.2, -0.15) is 5.10 Å². The molecule has 0 unspecified atom stereocenters. The molecule has 1 aliphatic carbocycles. The smallest absolute Gasteiger partial charge is 0.272 e. The Labute approximate surface area is 125 Å². The van der Waals surface area contributed by atoms with Crippen LogP contribution in [0.15, 0.2) is 42.6 Å². The minimum atomic E-state index is -0.0587. The molecule has 0 atom stereocenters. The molecule has 2 aromatic rings. The van der Waals surface area contributed by atoms with Crippen molar-refractivity contribution in [2.45, 2.75) is 44.6 Å². The summed E-state index contributed by atoms with van der Waals surface area (Å²) in [5, 5.41) is 7.50. The van der Waals surface area contributed by atoms with E-state index in [1.807, 2.05) is 36.5 Å². The number of benzene rings is 1. The molecule has 0 saturated heterocycles. The maximum absolute atomic E-state index is 12.3. The van der Waals surface area contributed by atoms with Gasteiger partial charge in [0.05, 0.1) is 5.69 Å². The Hall–Kier alpha value is -2.10. The highest BCUT2D eigenvalue weighted by Gasteiger charge is 2.17. The van der Waals surface area contributed by atoms with E-state index < -0.39 is 0 Å². The Bertz CT molecular complexity index is 583. The molecule has 1 saturated carbocycles. The monoisotopic (exact) mass is 283 g/mol. The zero-order valence-corrected chi connectivity index (χ0v) is 12.2. The van der Waals surface area contributed by atoms with Crippen LogP contribution in [0.1, 0.15) is 49.0 Å². The van der Waals surface area contributed by atoms with Crippen molar-refractivity contribution in [3.8, 4) is 5.69 Å². The number of carbonyl (C=O) groups is 1. The molecule has 1 aliphatic rings. The first-order valence-electron chi connectivity index (χ1n) is 7.75. The van der Waals surface area contributed by atoms with Crippen LogP contribution in [0, 0.1) is 0 Å². The minimum absolute atomic E-state index is 0.0587. The van der Waals surface area contributed by atoms with Crippen LogP contribution in [-0.4, -0.2) is 21.7 Å². The lowest BCUT2D eigenvalue weighted by molar-refractivity contribution is 0.0928. The summed E-state index contributed by atoms with van der Waals surface area (Å²) in [6, 6.07) is 11.9. The molecule has 1 aromatic carbocycles. The molecule has 3 rings (SSSR count). The van der Waals surface area contributed by atoms with Crippen molar-refractivity contribution in [2.75, 3.05) is 0 Å². The highest BCUT2D eigenvalue weighted by Crippen LogP contribution is 2.17. The van der Waals surface area contributed by atoms with Gasteiger partial charge in [-0.3, -0.25) is 4.79 Å². The lowest BCUT2D eigenvalue weighted by atomic mass is 10.1. The van der Waals surface area contributed by atoms with Gasteiger partial charge in [-0.05, 0) is 31.0 Å². The van der Waals surface area contributed by atoms with E-state index in [0.717, 1.165) is 18.5 Å². The summed E-state index contributed by atoms with van der Waals surface area (Å²) in [6.07, 6.45) is 9.00. The number of nitrogens with one attached hydrogen (secondary N) is 1. The molecule has 0 radical (unpaired) electrons. The minimum Gasteiger partial charge on any atom is -0.348 e. The average molecular weight is 283 g/mol. The van der Waals surface area contributed by atoms with Gasteiger partial charge in [-0.15, -0.1) is 0 Å². The predicted molar refractivity (Wildman–Crippen MR) is 82.5 cm³/mol. The largest absolute Gasteiger partial charge is 0.348 e. The lowest BCUT2D eigenvalue weighted by Gasteiger charge is -2.15. The lowest BCUT2D eigenvalue weighted by Crippen LogP contribution is -2.34. The summed E-state index contributed by atoms with van der Waals surface area (Å²) in [4.78, 5) is 12.3. The average Bonchev–Trinajstić information content (AvgIpc) is 2.88. The third-order valence-corrected chi connectivity index (χ3v) is 4.03. The molecule has 1 aromatic heterocycles. The van der Waals surface area contributed by atoms with Gasteiger partial charge in [0.1, 0.15) is 0 Å². The maximum atomic E-state index is 12.3. The van der Waals surface area contributed by atoms with Crippen molar-refractivity contribution in [1.29, 1.82) is 0 Å². The number of hydrogen-bond acceptors (Lipinski definition) is 2. The molecule has 21 heavy (non-hydrogen) atoms. The van der Waals surface area contributed by atoms with Gasteiger partial charge in [-0.1, -0.05) is 43.9 Å². The first-order valence-corrected chi connectivity index (χ1v) is 7.75. The van der Waals surface area contributed by atoms with Crippen LogP contribution in [0.25, 0.3) is 5.69 Å². The number of rotatable bonds is 3. The van der Waals surface area contributed by atoms with Gasteiger partial charge in [0.2, 0.25) is 0 Å². The second-order valence-corrected chi connectivity index (χ2v) is 5.64. The normalized spacial score (nSPS) is 16.4. The van der Waals surface area contributed by atoms with E-state index in [1.165, 1.54) is 25.7 Å². The number of para-hydroxylation sites is 1. The van der Waals surface area contributed by atoms with Crippen molar-refractivity contribution < 1.29 is 4.79 Å². The SMILES string of the molecule is O=C(NC1CCCCCC1)c1ccn(-c2ccccc2)n1. The Morgan fingerprint density at radius 2 is 1.76 bits per heavy atom. The molecule has 0 bridgehead atoms. The highest BCUT2D eigenvalue weighted by molar-refractivity contribution is 5.92. The zero-order valence-electron chi connectivity index (χ0n) is 12.2. The van der Waals surface area contributed by atoms with Gasteiger partial charge in [0.25, 0.3) is 5.91 Å². The van der Waals surface area contributed by atoms with Gasteiger partial charge in [0.15, 0.2) is 5.69 Å². The first-order chi connectivity index (χ1) is 10.3. The van der Waals surface area contributed by atoms with Crippen LogP contribution in [0.5, 0.6) is 0 Å². The molecule has 0 aliphatic heterocycles. The number of carbonyl (C=O) groups excluding carboxylic acids is 1. The number of amides is 1. The fourth-order valence-electron chi connectivity index (χ4n) is 2.85. The van der Waals surface area contributed by atoms with E-state index in [1.54, 1.807) is 10.7 Å². The molecule has 0 spiro atoms. The Morgan fingerprint density at radius 1 is 1.05 bits per heavy atom. The van der Waals surface area contributed by atoms with E-state index in [9.17, 15) is 4.79 Å². The van der Waals surface area contributed by atoms with Crippen molar-refractivity contribution >= 4 is 5.91 Å². The summed E-state index contributed by atoms with van der Waals surface area (Å²) >= 11 is 0. The number of aromatic nitrogens is 2. The highest BCUT2D eigenvalue weighted by atomic mass is 16.2. The fourth-order valence-corrected chi connectivity index (χ4v) is 2.85. The Balaban J connectivity index is 1.66. The van der Waals surface area contributed by atoms with Crippen LogP contribution < -0.4 is 5.32 Å². The molecule has 4 heteroatoms. The molecule has 1 amide bonds. The molecular weight excluding hydrogens is 262 g/mol. The van der Waals surface area contributed by atoms with Crippen LogP contribution in [0.4, 0.5) is 0 Å². The molecule has 1 fully saturated rings. The van der Waals surface area contributed by atoms with Crippen molar-refractivity contribution in [2.24, 2.45) is 0 Å². The molecule has 1 heterocycles. The second-order valence-electron chi connectivity index (χ2n) is 5.64. The maximum Gasteiger partial charge on any atom is 0.272 e. The first kappa shape index (κ1) is 13.9. The summed E-state index contributed by atoms with van der Waals surface area (Å²) in [7, 11) is 0. The van der Waals surface area contributed by atoms with E-state index in [4.69, 9.17) is 0 Å². The zero-order chi connectivity index (χ0) is 14.5. The summed E-state index contributed by atoms with van der Waals surface area (Å²) in [5.41, 5.74) is 1.45. The van der Waals surface area contributed by atoms with Gasteiger partial charge in [0, 0.05) is 12.2 Å². The fraction of sp³-hybridized carbons (Fsp3) is 0.412.